The van der Waals surface area contributed by atoms with Gasteiger partial charge in [-0.15, -0.1) is 0 Å². The lowest BCUT2D eigenvalue weighted by Crippen LogP contribution is -2.31. The summed E-state index contributed by atoms with van der Waals surface area (Å²) in [4.78, 5) is 11.9. The number of ether oxygens (including phenoxy) is 1. The quantitative estimate of drug-likeness (QED) is 0.914. The molecule has 1 amide bonds. The molecule has 0 aliphatic rings. The van der Waals surface area contributed by atoms with E-state index < -0.39 is 0 Å². The minimum atomic E-state index is -0.291. The molecule has 0 fully saturated rings. The molecule has 2 aromatic rings. The second-order valence-electron chi connectivity index (χ2n) is 5.38. The fourth-order valence-corrected chi connectivity index (χ4v) is 2.07. The van der Waals surface area contributed by atoms with Crippen LogP contribution < -0.4 is 10.1 Å². The van der Waals surface area contributed by atoms with Gasteiger partial charge in [-0.25, -0.2) is 4.39 Å². The third-order valence-electron chi connectivity index (χ3n) is 3.60. The van der Waals surface area contributed by atoms with Gasteiger partial charge in [-0.3, -0.25) is 4.79 Å². The van der Waals surface area contributed by atoms with Gasteiger partial charge in [0.2, 0.25) is 0 Å². The van der Waals surface area contributed by atoms with Crippen LogP contribution in [-0.2, 0) is 4.79 Å². The van der Waals surface area contributed by atoms with Crippen LogP contribution in [0.15, 0.2) is 42.5 Å². The molecule has 2 aromatic carbocycles. The highest BCUT2D eigenvalue weighted by atomic mass is 19.1. The van der Waals surface area contributed by atoms with Crippen LogP contribution in [0.25, 0.3) is 0 Å². The molecule has 22 heavy (non-hydrogen) atoms. The highest BCUT2D eigenvalue weighted by molar-refractivity contribution is 5.78. The van der Waals surface area contributed by atoms with Crippen LogP contribution in [0.1, 0.15) is 29.7 Å². The van der Waals surface area contributed by atoms with Gasteiger partial charge >= 0.3 is 0 Å². The Hall–Kier alpha value is -2.36. The maximum absolute atomic E-state index is 12.9. The van der Waals surface area contributed by atoms with Gasteiger partial charge < -0.3 is 10.1 Å². The van der Waals surface area contributed by atoms with E-state index in [9.17, 15) is 9.18 Å². The first-order valence-corrected chi connectivity index (χ1v) is 7.20. The van der Waals surface area contributed by atoms with Crippen molar-refractivity contribution < 1.29 is 13.9 Å². The number of carbonyl (C=O) groups excluding carboxylic acids is 1. The van der Waals surface area contributed by atoms with E-state index in [4.69, 9.17) is 4.74 Å². The van der Waals surface area contributed by atoms with E-state index in [1.54, 1.807) is 12.1 Å². The van der Waals surface area contributed by atoms with Gasteiger partial charge in [0.15, 0.2) is 6.61 Å². The molecule has 0 spiro atoms. The average Bonchev–Trinajstić information content (AvgIpc) is 2.49. The van der Waals surface area contributed by atoms with E-state index in [-0.39, 0.29) is 24.4 Å². The Morgan fingerprint density at radius 3 is 2.45 bits per heavy atom. The van der Waals surface area contributed by atoms with Crippen LogP contribution in [0.3, 0.4) is 0 Å². The van der Waals surface area contributed by atoms with E-state index in [0.29, 0.717) is 5.75 Å². The average molecular weight is 301 g/mol. The van der Waals surface area contributed by atoms with Crippen molar-refractivity contribution in [3.63, 3.8) is 0 Å². The largest absolute Gasteiger partial charge is 0.484 e. The summed E-state index contributed by atoms with van der Waals surface area (Å²) in [5, 5.41) is 2.83. The van der Waals surface area contributed by atoms with Crippen LogP contribution in [-0.4, -0.2) is 12.5 Å². The third kappa shape index (κ3) is 4.32. The van der Waals surface area contributed by atoms with Gasteiger partial charge in [0, 0.05) is 0 Å². The second kappa shape index (κ2) is 7.07. The summed E-state index contributed by atoms with van der Waals surface area (Å²) < 4.78 is 18.4. The van der Waals surface area contributed by atoms with Gasteiger partial charge in [0.1, 0.15) is 11.6 Å². The summed E-state index contributed by atoms with van der Waals surface area (Å²) in [5.41, 5.74) is 3.15. The number of amides is 1. The van der Waals surface area contributed by atoms with Crippen molar-refractivity contribution in [2.24, 2.45) is 0 Å². The molecule has 3 nitrogen and oxygen atoms in total. The van der Waals surface area contributed by atoms with Crippen LogP contribution in [0.5, 0.6) is 5.75 Å². The predicted octanol–water partition coefficient (Wildman–Crippen LogP) is 3.70. The number of carbonyl (C=O) groups is 1. The number of halogens is 1. The first-order chi connectivity index (χ1) is 10.5. The summed E-state index contributed by atoms with van der Waals surface area (Å²) in [6.07, 6.45) is 0. The molecule has 0 heterocycles. The van der Waals surface area contributed by atoms with Crippen LogP contribution >= 0.6 is 0 Å². The standard InChI is InChI=1S/C18H20FNO2/c1-12-4-9-17(10-13(12)2)22-11-18(21)20-14(3)15-5-7-16(19)8-6-15/h4-10,14H,11H2,1-3H3,(H,20,21)/t14-/m1/s1. The molecule has 116 valence electrons. The third-order valence-corrected chi connectivity index (χ3v) is 3.60. The second-order valence-corrected chi connectivity index (χ2v) is 5.38. The van der Waals surface area contributed by atoms with Gasteiger partial charge in [0.05, 0.1) is 6.04 Å². The van der Waals surface area contributed by atoms with Crippen LogP contribution in [0.2, 0.25) is 0 Å². The molecule has 0 saturated heterocycles. The fourth-order valence-electron chi connectivity index (χ4n) is 2.07. The molecule has 0 aromatic heterocycles. The molecule has 1 N–H and O–H groups in total. The molecule has 4 heteroatoms. The Labute approximate surface area is 130 Å². The fraction of sp³-hybridized carbons (Fsp3) is 0.278. The van der Waals surface area contributed by atoms with Crippen LogP contribution in [0, 0.1) is 19.7 Å². The number of hydrogen-bond acceptors (Lipinski definition) is 2. The van der Waals surface area contributed by atoms with Crippen molar-refractivity contribution in [3.8, 4) is 5.75 Å². The van der Waals surface area contributed by atoms with Crippen molar-refractivity contribution in [3.05, 3.63) is 65.0 Å². The van der Waals surface area contributed by atoms with Crippen molar-refractivity contribution in [2.75, 3.05) is 6.61 Å². The zero-order chi connectivity index (χ0) is 16.1. The lowest BCUT2D eigenvalue weighted by Gasteiger charge is -2.15. The van der Waals surface area contributed by atoms with E-state index in [2.05, 4.69) is 5.32 Å². The molecule has 0 aliphatic carbocycles. The maximum atomic E-state index is 12.9. The van der Waals surface area contributed by atoms with E-state index in [0.717, 1.165) is 11.1 Å². The van der Waals surface area contributed by atoms with Gasteiger partial charge in [0.25, 0.3) is 5.91 Å². The van der Waals surface area contributed by atoms with Crippen LogP contribution in [0.4, 0.5) is 4.39 Å². The zero-order valence-electron chi connectivity index (χ0n) is 13.0. The number of nitrogens with one attached hydrogen (secondary N) is 1. The summed E-state index contributed by atoms with van der Waals surface area (Å²) >= 11 is 0. The van der Waals surface area contributed by atoms with E-state index in [1.807, 2.05) is 39.0 Å². The summed E-state index contributed by atoms with van der Waals surface area (Å²) in [6, 6.07) is 11.6. The molecule has 0 bridgehead atoms. The Balaban J connectivity index is 1.87. The minimum absolute atomic E-state index is 0.0476. The first-order valence-electron chi connectivity index (χ1n) is 7.20. The number of rotatable bonds is 5. The molecule has 0 unspecified atom stereocenters. The van der Waals surface area contributed by atoms with Crippen molar-refractivity contribution in [1.29, 1.82) is 0 Å². The molecular formula is C18H20FNO2. The first kappa shape index (κ1) is 16.0. The predicted molar refractivity (Wildman–Crippen MR) is 84.4 cm³/mol. The van der Waals surface area contributed by atoms with Crippen molar-refractivity contribution in [1.82, 2.24) is 5.32 Å². The lowest BCUT2D eigenvalue weighted by atomic mass is 10.1. The van der Waals surface area contributed by atoms with Crippen molar-refractivity contribution in [2.45, 2.75) is 26.8 Å². The SMILES string of the molecule is Cc1ccc(OCC(=O)N[C@H](C)c2ccc(F)cc2)cc1C. The number of benzene rings is 2. The van der Waals surface area contributed by atoms with Gasteiger partial charge in [-0.05, 0) is 61.7 Å². The summed E-state index contributed by atoms with van der Waals surface area (Å²) in [6.45, 7) is 5.82. The molecule has 1 atom stereocenters. The van der Waals surface area contributed by atoms with Gasteiger partial charge in [-0.2, -0.15) is 0 Å². The molecule has 2 rings (SSSR count). The smallest absolute Gasteiger partial charge is 0.258 e. The van der Waals surface area contributed by atoms with E-state index >= 15 is 0 Å². The lowest BCUT2D eigenvalue weighted by molar-refractivity contribution is -0.123. The van der Waals surface area contributed by atoms with Gasteiger partial charge in [-0.1, -0.05) is 18.2 Å². The molecule has 0 saturated carbocycles. The minimum Gasteiger partial charge on any atom is -0.484 e. The topological polar surface area (TPSA) is 38.3 Å². The Kier molecular flexibility index (Phi) is 5.15. The Bertz CT molecular complexity index is 653. The molecule has 0 radical (unpaired) electrons. The zero-order valence-corrected chi connectivity index (χ0v) is 13.0. The molecular weight excluding hydrogens is 281 g/mol. The highest BCUT2D eigenvalue weighted by Crippen LogP contribution is 2.16. The van der Waals surface area contributed by atoms with Crippen molar-refractivity contribution >= 4 is 5.91 Å². The Morgan fingerprint density at radius 2 is 1.82 bits per heavy atom. The van der Waals surface area contributed by atoms with E-state index in [1.165, 1.54) is 17.7 Å². The monoisotopic (exact) mass is 301 g/mol. The number of hydrogen-bond donors (Lipinski definition) is 1. The maximum Gasteiger partial charge on any atom is 0.258 e. The highest BCUT2D eigenvalue weighted by Gasteiger charge is 2.10. The summed E-state index contributed by atoms with van der Waals surface area (Å²) in [5.74, 6) is 0.170. The normalized spacial score (nSPS) is 11.8. The summed E-state index contributed by atoms with van der Waals surface area (Å²) in [7, 11) is 0. The Morgan fingerprint density at radius 1 is 1.14 bits per heavy atom. The number of aryl methyl sites for hydroxylation is 2. The molecule has 0 aliphatic heterocycles.